The summed E-state index contributed by atoms with van der Waals surface area (Å²) in [5.41, 5.74) is 17.6. The summed E-state index contributed by atoms with van der Waals surface area (Å²) in [5, 5.41) is 15.2. The molecule has 238 valence electrons. The van der Waals surface area contributed by atoms with Crippen LogP contribution < -0.4 is 33.0 Å². The number of hydrogen-bond acceptors (Lipinski definition) is 19. The molecule has 25 heteroatoms. The number of aliphatic hydroxyl groups excluding tert-OH is 1. The third-order valence-corrected chi connectivity index (χ3v) is 12.1. The minimum absolute atomic E-state index is 0.0552. The molecule has 2 bridgehead atoms. The fourth-order valence-electron chi connectivity index (χ4n) is 5.34. The van der Waals surface area contributed by atoms with E-state index in [1.54, 1.807) is 0 Å². The molecule has 9 atom stereocenters. The summed E-state index contributed by atoms with van der Waals surface area (Å²) in [4.78, 5) is 27.1. The average molecular weight is 710 g/mol. The highest BCUT2D eigenvalue weighted by atomic mass is 32.7. The standard InChI is InChI=1S/C19H25N11O9P2S3/c20-18-25-15-10(16(32)26-18)27-28-29(15)17-13-11(31)9(44-17)4-37-41(34,43)38-12-7(2-35-8(12)3-36-40(33,42)39-13)6-1-24-30-14(6)22-5-23-19(30)21/h1,5,7-9,11-13,17,27-28,31H,2-4H2,(H,33,42)(H,34,43)(H2,21,22,23)(H3,20,25,26,32)/t7?,8-,9-,11-,12+,13-,17-,40?,41?/m1/s1. The molecule has 4 aliphatic rings. The summed E-state index contributed by atoms with van der Waals surface area (Å²) in [6, 6.07) is 0. The number of nitrogens with two attached hydrogens (primary N) is 2. The first-order chi connectivity index (χ1) is 20.9. The van der Waals surface area contributed by atoms with Gasteiger partial charge >= 0.3 is 13.6 Å². The van der Waals surface area contributed by atoms with Crippen LogP contribution in [0.15, 0.2) is 17.3 Å². The topological polar surface area (TPSA) is 269 Å². The van der Waals surface area contributed by atoms with Crippen LogP contribution in [0.2, 0.25) is 0 Å². The highest BCUT2D eigenvalue weighted by Crippen LogP contribution is 2.61. The maximum atomic E-state index is 13.6. The Kier molecular flexibility index (Phi) is 7.82. The second kappa shape index (κ2) is 11.3. The molecule has 20 nitrogen and oxygen atoms in total. The molecule has 3 fully saturated rings. The molecule has 3 aromatic rings. The normalized spacial score (nSPS) is 37.5. The van der Waals surface area contributed by atoms with Gasteiger partial charge < -0.3 is 21.3 Å². The Bertz CT molecular complexity index is 1770. The molecule has 4 aliphatic heterocycles. The Morgan fingerprint density at radius 3 is 2.64 bits per heavy atom. The van der Waals surface area contributed by atoms with Gasteiger partial charge in [-0.3, -0.25) is 38.3 Å². The van der Waals surface area contributed by atoms with E-state index < -0.39 is 60.1 Å². The first-order valence-corrected chi connectivity index (χ1v) is 19.2. The molecule has 0 spiro atoms. The highest BCUT2D eigenvalue weighted by Gasteiger charge is 2.53. The first kappa shape index (κ1) is 30.5. The van der Waals surface area contributed by atoms with Gasteiger partial charge in [-0.2, -0.15) is 14.6 Å². The van der Waals surface area contributed by atoms with Crippen molar-refractivity contribution in [3.63, 3.8) is 0 Å². The van der Waals surface area contributed by atoms with Gasteiger partial charge in [0.1, 0.15) is 30.0 Å². The van der Waals surface area contributed by atoms with Crippen molar-refractivity contribution in [2.45, 2.75) is 41.0 Å². The molecular weight excluding hydrogens is 684 g/mol. The lowest BCUT2D eigenvalue weighted by Gasteiger charge is -2.31. The SMILES string of the molecule is Nc1nc2c(c(=O)[nH]1)NNN2[C@@H]1S[C@@H]2COP(=O)(S)O[C@H]3C(c4cnn5c(N)ncnc45)CO[C@@H]3COP(=O)(S)O[C@@H]1[C@@H]2O. The molecule has 0 aliphatic carbocycles. The molecule has 3 unspecified atom stereocenters. The number of aromatic nitrogens is 6. The van der Waals surface area contributed by atoms with Gasteiger partial charge in [0.2, 0.25) is 11.9 Å². The molecule has 3 saturated heterocycles. The van der Waals surface area contributed by atoms with Crippen molar-refractivity contribution in [1.29, 1.82) is 0 Å². The van der Waals surface area contributed by atoms with Crippen molar-refractivity contribution < 1.29 is 37.1 Å². The zero-order valence-corrected chi connectivity index (χ0v) is 26.5. The van der Waals surface area contributed by atoms with E-state index in [4.69, 9.17) is 34.3 Å². The number of H-pyrrole nitrogens is 1. The highest BCUT2D eigenvalue weighted by molar-refractivity contribution is 8.44. The quantitative estimate of drug-likeness (QED) is 0.127. The van der Waals surface area contributed by atoms with Crippen LogP contribution >= 0.6 is 49.9 Å². The lowest BCUT2D eigenvalue weighted by molar-refractivity contribution is 0.00648. The van der Waals surface area contributed by atoms with Crippen LogP contribution in [-0.2, 0) is 32.0 Å². The third kappa shape index (κ3) is 5.47. The number of anilines is 4. The van der Waals surface area contributed by atoms with Gasteiger partial charge in [0, 0.05) is 11.5 Å². The smallest absolute Gasteiger partial charge is 0.386 e. The van der Waals surface area contributed by atoms with Crippen LogP contribution in [0.4, 0.5) is 23.4 Å². The van der Waals surface area contributed by atoms with E-state index in [1.165, 1.54) is 22.0 Å². The molecule has 44 heavy (non-hydrogen) atoms. The molecule has 8 N–H and O–H groups in total. The Hall–Kier alpha value is -2.14. The predicted molar refractivity (Wildman–Crippen MR) is 162 cm³/mol. The van der Waals surface area contributed by atoms with E-state index in [-0.39, 0.29) is 43.2 Å². The van der Waals surface area contributed by atoms with Gasteiger partial charge in [-0.1, -0.05) is 24.5 Å². The number of aromatic amines is 1. The number of nitrogens with one attached hydrogen (secondary N) is 3. The molecule has 0 radical (unpaired) electrons. The first-order valence-electron chi connectivity index (χ1n) is 12.8. The Morgan fingerprint density at radius 1 is 1.09 bits per heavy atom. The molecule has 3 aromatic heterocycles. The Morgan fingerprint density at radius 2 is 1.84 bits per heavy atom. The van der Waals surface area contributed by atoms with Gasteiger partial charge in [-0.05, 0) is 0 Å². The fourth-order valence-corrected chi connectivity index (χ4v) is 9.98. The molecule has 0 aromatic carbocycles. The van der Waals surface area contributed by atoms with Crippen molar-refractivity contribution in [3.8, 4) is 0 Å². The van der Waals surface area contributed by atoms with E-state index >= 15 is 0 Å². The van der Waals surface area contributed by atoms with Crippen LogP contribution in [0.1, 0.15) is 11.5 Å². The molecule has 0 amide bonds. The van der Waals surface area contributed by atoms with Crippen LogP contribution in [0.3, 0.4) is 0 Å². The summed E-state index contributed by atoms with van der Waals surface area (Å²) in [5.74, 6) is -0.555. The van der Waals surface area contributed by atoms with Crippen LogP contribution in [0.5, 0.6) is 0 Å². The van der Waals surface area contributed by atoms with Crippen molar-refractivity contribution >= 4 is 78.9 Å². The number of hydrogen-bond donors (Lipinski definition) is 8. The van der Waals surface area contributed by atoms with Crippen molar-refractivity contribution in [3.05, 3.63) is 28.4 Å². The Labute approximate surface area is 261 Å². The summed E-state index contributed by atoms with van der Waals surface area (Å²) >= 11 is 9.46. The number of ether oxygens (including phenoxy) is 1. The number of nitrogen functional groups attached to an aromatic ring is 2. The van der Waals surface area contributed by atoms with Crippen molar-refractivity contribution in [1.82, 2.24) is 35.1 Å². The zero-order valence-electron chi connectivity index (χ0n) is 22.1. The number of rotatable bonds is 2. The van der Waals surface area contributed by atoms with Crippen molar-refractivity contribution in [2.75, 3.05) is 41.7 Å². The van der Waals surface area contributed by atoms with Crippen LogP contribution in [0, 0.1) is 0 Å². The summed E-state index contributed by atoms with van der Waals surface area (Å²) in [6.45, 7) is -8.99. The lowest BCUT2D eigenvalue weighted by Crippen LogP contribution is -2.49. The number of fused-ring (bicyclic) bond motifs is 5. The largest absolute Gasteiger partial charge is 0.389 e. The van der Waals surface area contributed by atoms with Gasteiger partial charge in [0.05, 0.1) is 37.4 Å². The van der Waals surface area contributed by atoms with Crippen molar-refractivity contribution in [2.24, 2.45) is 0 Å². The van der Waals surface area contributed by atoms with Crippen LogP contribution in [-0.4, -0.2) is 89.5 Å². The van der Waals surface area contributed by atoms with E-state index in [9.17, 15) is 19.0 Å². The van der Waals surface area contributed by atoms with Gasteiger partial charge in [0.25, 0.3) is 5.56 Å². The second-order valence-electron chi connectivity index (χ2n) is 10.0. The molecule has 0 saturated carbocycles. The third-order valence-electron chi connectivity index (χ3n) is 7.34. The van der Waals surface area contributed by atoms with E-state index in [1.807, 2.05) is 0 Å². The van der Waals surface area contributed by atoms with Gasteiger partial charge in [-0.15, -0.1) is 17.3 Å². The van der Waals surface area contributed by atoms with E-state index in [0.717, 1.165) is 11.8 Å². The number of thioether (sulfide) groups is 1. The van der Waals surface area contributed by atoms with E-state index in [2.05, 4.69) is 60.5 Å². The number of thiol groups is 2. The lowest BCUT2D eigenvalue weighted by atomic mass is 9.96. The zero-order chi connectivity index (χ0) is 31.0. The van der Waals surface area contributed by atoms with Gasteiger partial charge in [0.15, 0.2) is 17.2 Å². The second-order valence-corrected chi connectivity index (χ2v) is 17.1. The summed E-state index contributed by atoms with van der Waals surface area (Å²) in [7, 11) is 0. The Balaban J connectivity index is 1.18. The minimum atomic E-state index is -4.21. The average Bonchev–Trinajstić information content (AvgIpc) is 3.72. The summed E-state index contributed by atoms with van der Waals surface area (Å²) < 4.78 is 57.4. The van der Waals surface area contributed by atoms with E-state index in [0.29, 0.717) is 11.2 Å². The number of aliphatic hydroxyl groups is 1. The predicted octanol–water partition coefficient (Wildman–Crippen LogP) is -0.0985. The molecule has 7 heterocycles. The number of nitrogens with zero attached hydrogens (tertiary/aromatic N) is 6. The molecular formula is C19H25N11O9P2S3. The number of hydrazine groups is 2. The monoisotopic (exact) mass is 709 g/mol. The molecule has 7 rings (SSSR count). The maximum absolute atomic E-state index is 13.6. The fraction of sp³-hybridized carbons (Fsp3) is 0.526. The minimum Gasteiger partial charge on any atom is -0.389 e. The van der Waals surface area contributed by atoms with Gasteiger partial charge in [-0.25, -0.2) is 19.1 Å². The van der Waals surface area contributed by atoms with Crippen LogP contribution in [0.25, 0.3) is 5.65 Å². The summed E-state index contributed by atoms with van der Waals surface area (Å²) in [6.07, 6.45) is -1.76. The maximum Gasteiger partial charge on any atom is 0.386 e.